The van der Waals surface area contributed by atoms with Gasteiger partial charge in [-0.2, -0.15) is 0 Å². The average Bonchev–Trinajstić information content (AvgIpc) is 1.58. The number of furan rings is 2. The zero-order valence-corrected chi connectivity index (χ0v) is 63.0. The van der Waals surface area contributed by atoms with Crippen molar-refractivity contribution >= 4 is 97.0 Å². The molecule has 10 aromatic rings. The first-order valence-corrected chi connectivity index (χ1v) is 38.8. The summed E-state index contributed by atoms with van der Waals surface area (Å²) >= 11 is 13.3. The van der Waals surface area contributed by atoms with E-state index in [1.807, 2.05) is 81.9 Å². The number of fused-ring (bicyclic) bond motifs is 15. The predicted octanol–water partition coefficient (Wildman–Crippen LogP) is 28.0. The number of hydrogen-bond donors (Lipinski definition) is 0. The van der Waals surface area contributed by atoms with Crippen molar-refractivity contribution in [1.29, 1.82) is 0 Å². The molecule has 10 heterocycles. The van der Waals surface area contributed by atoms with E-state index in [0.29, 0.717) is 40.8 Å². The SMILES string of the molecule is C.C.C.C.C.C.C.C.Cc1[se]c2c(c1C)CCc1c-2[se]c(C)c1C.Cc1oc2c(c1C)CCc1c-2oc(C)c1C.Cc1sc2c(c1C)C(C)C(C)c1c-2sc(C)c1C.Cc1sc2c(c1C)CC(C)(C)c1c-2sc(C)c1C.Cc1sc2c(c1C)CCc1c-2sc(C)c1C. The van der Waals surface area contributed by atoms with Gasteiger partial charge >= 0.3 is 110 Å². The van der Waals surface area contributed by atoms with E-state index in [4.69, 9.17) is 8.83 Å². The van der Waals surface area contributed by atoms with Gasteiger partial charge in [0.2, 0.25) is 0 Å². The van der Waals surface area contributed by atoms with Gasteiger partial charge in [0.05, 0.1) is 0 Å². The summed E-state index contributed by atoms with van der Waals surface area (Å²) < 4.78 is 18.6. The van der Waals surface area contributed by atoms with Gasteiger partial charge in [-0.15, -0.1) is 68.0 Å². The molecule has 15 rings (SSSR count). The largest absolute Gasteiger partial charge is 0.457 e. The van der Waals surface area contributed by atoms with Crippen LogP contribution >= 0.6 is 68.0 Å². The van der Waals surface area contributed by atoms with Crippen molar-refractivity contribution < 1.29 is 8.83 Å². The van der Waals surface area contributed by atoms with Crippen LogP contribution in [0.15, 0.2) is 8.83 Å². The summed E-state index contributed by atoms with van der Waals surface area (Å²) in [6.07, 6.45) is 8.45. The van der Waals surface area contributed by atoms with E-state index in [0.717, 1.165) is 35.9 Å². The van der Waals surface area contributed by atoms with Crippen LogP contribution in [0.3, 0.4) is 0 Å². The Kier molecular flexibility index (Phi) is 28.0. The predicted molar refractivity (Wildman–Crippen MR) is 429 cm³/mol. The summed E-state index contributed by atoms with van der Waals surface area (Å²) in [5.41, 5.74) is 31.1. The molecule has 0 aliphatic heterocycles. The van der Waals surface area contributed by atoms with E-state index in [9.17, 15) is 0 Å². The molecule has 5 aliphatic rings. The molecular weight excluding hydrogens is 1370 g/mol. The Hall–Kier alpha value is -3.24. The molecular formula is C82H120O2S6Se2. The zero-order chi connectivity index (χ0) is 60.8. The summed E-state index contributed by atoms with van der Waals surface area (Å²) in [6.45, 7) is 54.6. The number of thiophene rings is 6. The van der Waals surface area contributed by atoms with Gasteiger partial charge < -0.3 is 8.83 Å². The smallest absolute Gasteiger partial charge is 0.173 e. The maximum absolute atomic E-state index is 5.84. The van der Waals surface area contributed by atoms with Gasteiger partial charge in [0, 0.05) is 69.7 Å². The third-order valence-electron chi connectivity index (χ3n) is 20.7. The number of hydrogen-bond acceptors (Lipinski definition) is 8. The molecule has 0 N–H and O–H groups in total. The van der Waals surface area contributed by atoms with Crippen LogP contribution in [0.1, 0.15) is 260 Å². The molecule has 2 nitrogen and oxygen atoms in total. The van der Waals surface area contributed by atoms with Gasteiger partial charge in [0.15, 0.2) is 11.5 Å². The molecule has 5 aliphatic carbocycles. The summed E-state index contributed by atoms with van der Waals surface area (Å²) in [6, 6.07) is 0. The minimum Gasteiger partial charge on any atom is -0.457 e. The molecule has 0 fully saturated rings. The minimum absolute atomic E-state index is 0. The quantitative estimate of drug-likeness (QED) is 0.141. The molecule has 0 bridgehead atoms. The molecule has 10 heteroatoms. The van der Waals surface area contributed by atoms with Crippen LogP contribution in [0.5, 0.6) is 0 Å². The number of aryl methyl sites for hydroxylation is 10. The van der Waals surface area contributed by atoms with Crippen LogP contribution < -0.4 is 0 Å². The summed E-state index contributed by atoms with van der Waals surface area (Å²) in [4.78, 5) is 18.3. The second-order valence-electron chi connectivity index (χ2n) is 25.8. The molecule has 10 aromatic heterocycles. The Morgan fingerprint density at radius 2 is 0.598 bits per heavy atom. The monoisotopic (exact) mass is 1490 g/mol. The fourth-order valence-electron chi connectivity index (χ4n) is 14.1. The summed E-state index contributed by atoms with van der Waals surface area (Å²) in [7, 11) is 0. The number of rotatable bonds is 0. The topological polar surface area (TPSA) is 26.3 Å². The van der Waals surface area contributed by atoms with E-state index >= 15 is 0 Å². The first-order chi connectivity index (χ1) is 39.5. The van der Waals surface area contributed by atoms with E-state index in [1.54, 1.807) is 103 Å². The third-order valence-corrected chi connectivity index (χ3v) is 34.5. The normalized spacial score (nSPS) is 14.7. The maximum Gasteiger partial charge on any atom is 0.173 e. The van der Waals surface area contributed by atoms with Gasteiger partial charge in [-0.25, -0.2) is 0 Å². The van der Waals surface area contributed by atoms with E-state index in [1.165, 1.54) is 117 Å². The van der Waals surface area contributed by atoms with Crippen molar-refractivity contribution in [3.05, 3.63) is 161 Å². The van der Waals surface area contributed by atoms with E-state index in [2.05, 4.69) is 152 Å². The fraction of sp³-hybridized carbons (Fsp3) is 0.512. The third kappa shape index (κ3) is 13.8. The van der Waals surface area contributed by atoms with Crippen molar-refractivity contribution in [3.63, 3.8) is 0 Å². The first kappa shape index (κ1) is 83.0. The molecule has 92 heavy (non-hydrogen) atoms. The van der Waals surface area contributed by atoms with E-state index in [-0.39, 0.29) is 64.8 Å². The molecule has 0 saturated carbocycles. The van der Waals surface area contributed by atoms with Crippen LogP contribution in [-0.4, -0.2) is 29.0 Å². The Bertz CT molecular complexity index is 3780. The van der Waals surface area contributed by atoms with Crippen molar-refractivity contribution in [2.75, 3.05) is 0 Å². The Labute approximate surface area is 598 Å². The van der Waals surface area contributed by atoms with Gasteiger partial charge in [-0.1, -0.05) is 87.1 Å². The Morgan fingerprint density at radius 1 is 0.315 bits per heavy atom. The van der Waals surface area contributed by atoms with Crippen molar-refractivity contribution in [2.24, 2.45) is 0 Å². The first-order valence-electron chi connectivity index (χ1n) is 30.5. The van der Waals surface area contributed by atoms with Crippen molar-refractivity contribution in [2.45, 2.75) is 288 Å². The van der Waals surface area contributed by atoms with Crippen molar-refractivity contribution in [3.8, 4) is 49.7 Å². The second-order valence-corrected chi connectivity index (χ2v) is 38.3. The molecule has 508 valence electrons. The second kappa shape index (κ2) is 31.1. The van der Waals surface area contributed by atoms with Crippen LogP contribution in [0.25, 0.3) is 49.7 Å². The van der Waals surface area contributed by atoms with E-state index < -0.39 is 0 Å². The molecule has 0 aromatic carbocycles. The van der Waals surface area contributed by atoms with Crippen LogP contribution in [0, 0.1) is 138 Å². The molecule has 2 unspecified atom stereocenters. The molecule has 0 radical (unpaired) electrons. The molecule has 0 saturated heterocycles. The average molecular weight is 1490 g/mol. The van der Waals surface area contributed by atoms with Gasteiger partial charge in [0.1, 0.15) is 11.5 Å². The van der Waals surface area contributed by atoms with Crippen LogP contribution in [-0.2, 0) is 50.4 Å². The van der Waals surface area contributed by atoms with Crippen LogP contribution in [0.2, 0.25) is 0 Å². The molecule has 0 spiro atoms. The molecule has 2 atom stereocenters. The Balaban J connectivity index is 0.000000294. The maximum atomic E-state index is 5.84. The van der Waals surface area contributed by atoms with Crippen LogP contribution in [0.4, 0.5) is 0 Å². The molecule has 0 amide bonds. The fourth-order valence-corrected chi connectivity index (χ4v) is 28.0. The summed E-state index contributed by atoms with van der Waals surface area (Å²) in [5, 5.41) is 0. The van der Waals surface area contributed by atoms with Crippen molar-refractivity contribution in [1.82, 2.24) is 0 Å². The minimum atomic E-state index is 0. The van der Waals surface area contributed by atoms with Gasteiger partial charge in [0.25, 0.3) is 0 Å². The standard InChI is InChI=1S/2C16H20S2.C14H16O2.C14H16S2.C14H16Se2.8CH4/c1-8-10(3)17-14-12(8)7-16(5,6)13-9(2)11(4)18-15(13)14;1-7-8(2)14-10(4)12(6)18-16(14)15-13(7)9(3)11(5)17-15;3*1-7-9(3)15-13-11(7)5-6-12-8(2)10(4)16-14(12)13;;;;;;;;/h7H2,1-6H3;7-8H,1-6H3;3*5-6H2,1-4H3;8*1H4. The van der Waals surface area contributed by atoms with Gasteiger partial charge in [-0.05, 0) is 238 Å². The summed E-state index contributed by atoms with van der Waals surface area (Å²) in [5.74, 6) is 5.28. The Morgan fingerprint density at radius 3 is 0.967 bits per heavy atom. The van der Waals surface area contributed by atoms with Gasteiger partial charge in [-0.3, -0.25) is 0 Å². The zero-order valence-electron chi connectivity index (χ0n) is 54.7.